The van der Waals surface area contributed by atoms with Gasteiger partial charge in [0.1, 0.15) is 0 Å². The average molecular weight is 458 g/mol. The highest BCUT2D eigenvalue weighted by atomic mass is 32.2. The Kier molecular flexibility index (Phi) is 6.74. The Morgan fingerprint density at radius 1 is 1.17 bits per heavy atom. The van der Waals surface area contributed by atoms with Crippen molar-refractivity contribution in [3.05, 3.63) is 52.2 Å². The molecule has 1 aromatic carbocycles. The van der Waals surface area contributed by atoms with Gasteiger partial charge in [0.15, 0.2) is 0 Å². The number of nitrogens with one attached hydrogen (secondary N) is 2. The van der Waals surface area contributed by atoms with Crippen LogP contribution >= 0.6 is 11.3 Å². The Hall–Kier alpha value is -1.79. The molecule has 2 heterocycles. The molecule has 0 aliphatic carbocycles. The van der Waals surface area contributed by atoms with E-state index < -0.39 is 20.0 Å². The van der Waals surface area contributed by atoms with E-state index in [2.05, 4.69) is 9.44 Å². The fourth-order valence-electron chi connectivity index (χ4n) is 3.18. The number of sulfonamides is 2. The van der Waals surface area contributed by atoms with Crippen LogP contribution in [-0.2, 0) is 26.6 Å². The lowest BCUT2D eigenvalue weighted by Gasteiger charge is -2.32. The lowest BCUT2D eigenvalue weighted by molar-refractivity contribution is 0.0703. The van der Waals surface area contributed by atoms with E-state index in [4.69, 9.17) is 0 Å². The number of piperidine rings is 1. The topological polar surface area (TPSA) is 113 Å². The van der Waals surface area contributed by atoms with Gasteiger partial charge in [0, 0.05) is 36.1 Å². The summed E-state index contributed by atoms with van der Waals surface area (Å²) in [6, 6.07) is 9.15. The monoisotopic (exact) mass is 457 g/mol. The van der Waals surface area contributed by atoms with Crippen LogP contribution in [0.3, 0.4) is 0 Å². The maximum Gasteiger partial charge on any atom is 0.253 e. The van der Waals surface area contributed by atoms with Crippen molar-refractivity contribution in [3.8, 4) is 0 Å². The molecule has 1 fully saturated rings. The van der Waals surface area contributed by atoms with Gasteiger partial charge in [0.25, 0.3) is 5.91 Å². The number of thiophene rings is 1. The molecule has 1 amide bonds. The molecule has 2 N–H and O–H groups in total. The summed E-state index contributed by atoms with van der Waals surface area (Å²) in [7, 11) is -7.02. The summed E-state index contributed by atoms with van der Waals surface area (Å²) < 4.78 is 52.8. The van der Waals surface area contributed by atoms with Gasteiger partial charge in [-0.1, -0.05) is 6.07 Å². The van der Waals surface area contributed by atoms with Crippen LogP contribution in [0.4, 0.5) is 0 Å². The lowest BCUT2D eigenvalue weighted by Crippen LogP contribution is -2.49. The third-order valence-corrected chi connectivity index (χ3v) is 7.57. The summed E-state index contributed by atoms with van der Waals surface area (Å²) in [4.78, 5) is 15.3. The molecule has 1 atom stereocenters. The standard InChI is InChI=1S/C18H23N3O5S3/c1-28(23,24)20-15-4-2-10-21(13-15)18(22)14-6-8-17(9-7-14)29(25,26)19-12-16-5-3-11-27-16/h3,5-9,11,15,19-20H,2,4,10,12-13H2,1H3. The van der Waals surface area contributed by atoms with E-state index in [9.17, 15) is 21.6 Å². The summed E-state index contributed by atoms with van der Waals surface area (Å²) in [6.45, 7) is 1.03. The summed E-state index contributed by atoms with van der Waals surface area (Å²) in [5.41, 5.74) is 0.363. The number of benzene rings is 1. The molecule has 0 spiro atoms. The molecule has 0 saturated carbocycles. The van der Waals surface area contributed by atoms with E-state index in [0.29, 0.717) is 24.9 Å². The molecule has 0 bridgehead atoms. The first kappa shape index (κ1) is 21.9. The molecule has 1 aliphatic rings. The molecule has 158 valence electrons. The first-order valence-electron chi connectivity index (χ1n) is 9.03. The minimum Gasteiger partial charge on any atom is -0.337 e. The smallest absolute Gasteiger partial charge is 0.253 e. The van der Waals surface area contributed by atoms with Crippen LogP contribution in [0.25, 0.3) is 0 Å². The average Bonchev–Trinajstić information content (AvgIpc) is 3.19. The van der Waals surface area contributed by atoms with E-state index in [0.717, 1.165) is 11.1 Å². The van der Waals surface area contributed by atoms with Crippen LogP contribution in [0.2, 0.25) is 0 Å². The molecule has 11 heteroatoms. The first-order chi connectivity index (χ1) is 13.6. The number of nitrogens with zero attached hydrogens (tertiary/aromatic N) is 1. The predicted octanol–water partition coefficient (Wildman–Crippen LogP) is 1.38. The molecular formula is C18H23N3O5S3. The molecule has 1 saturated heterocycles. The van der Waals surface area contributed by atoms with E-state index in [1.807, 2.05) is 17.5 Å². The fraction of sp³-hybridized carbons (Fsp3) is 0.389. The van der Waals surface area contributed by atoms with Gasteiger partial charge in [-0.3, -0.25) is 4.79 Å². The minimum absolute atomic E-state index is 0.0841. The Balaban J connectivity index is 1.65. The number of carbonyl (C=O) groups is 1. The van der Waals surface area contributed by atoms with Gasteiger partial charge in [-0.05, 0) is 48.6 Å². The van der Waals surface area contributed by atoms with Gasteiger partial charge in [-0.2, -0.15) is 0 Å². The summed E-state index contributed by atoms with van der Waals surface area (Å²) >= 11 is 1.46. The van der Waals surface area contributed by atoms with E-state index in [1.165, 1.54) is 35.6 Å². The second-order valence-electron chi connectivity index (χ2n) is 6.91. The van der Waals surface area contributed by atoms with Crippen molar-refractivity contribution in [2.75, 3.05) is 19.3 Å². The first-order valence-corrected chi connectivity index (χ1v) is 13.3. The molecule has 0 radical (unpaired) electrons. The molecule has 29 heavy (non-hydrogen) atoms. The quantitative estimate of drug-likeness (QED) is 0.652. The van der Waals surface area contributed by atoms with Crippen molar-refractivity contribution in [3.63, 3.8) is 0 Å². The molecule has 8 nitrogen and oxygen atoms in total. The largest absolute Gasteiger partial charge is 0.337 e. The number of hydrogen-bond acceptors (Lipinski definition) is 6. The molecule has 1 unspecified atom stereocenters. The zero-order valence-electron chi connectivity index (χ0n) is 15.9. The molecule has 3 rings (SSSR count). The number of amides is 1. The highest BCUT2D eigenvalue weighted by molar-refractivity contribution is 7.89. The van der Waals surface area contributed by atoms with Crippen molar-refractivity contribution < 1.29 is 21.6 Å². The number of hydrogen-bond donors (Lipinski definition) is 2. The maximum atomic E-state index is 12.7. The molecule has 1 aromatic heterocycles. The third kappa shape index (κ3) is 6.09. The van der Waals surface area contributed by atoms with E-state index in [1.54, 1.807) is 4.90 Å². The highest BCUT2D eigenvalue weighted by Crippen LogP contribution is 2.17. The summed E-state index contributed by atoms with van der Waals surface area (Å²) in [5.74, 6) is -0.250. The predicted molar refractivity (Wildman–Crippen MR) is 112 cm³/mol. The van der Waals surface area contributed by atoms with Gasteiger partial charge in [0.05, 0.1) is 11.2 Å². The van der Waals surface area contributed by atoms with Crippen LogP contribution < -0.4 is 9.44 Å². The van der Waals surface area contributed by atoms with Gasteiger partial charge < -0.3 is 4.90 Å². The number of carbonyl (C=O) groups excluding carboxylic acids is 1. The Labute approximate surface area is 175 Å². The van der Waals surface area contributed by atoms with Gasteiger partial charge in [-0.25, -0.2) is 26.3 Å². The van der Waals surface area contributed by atoms with Crippen LogP contribution in [0.15, 0.2) is 46.7 Å². The summed E-state index contributed by atoms with van der Waals surface area (Å²) in [5, 5.41) is 1.88. The van der Waals surface area contributed by atoms with Gasteiger partial charge in [-0.15, -0.1) is 11.3 Å². The fourth-order valence-corrected chi connectivity index (χ4v) is 5.72. The Morgan fingerprint density at radius 2 is 1.90 bits per heavy atom. The Morgan fingerprint density at radius 3 is 2.52 bits per heavy atom. The van der Waals surface area contributed by atoms with E-state index >= 15 is 0 Å². The molecule has 1 aliphatic heterocycles. The summed E-state index contributed by atoms with van der Waals surface area (Å²) in [6.07, 6.45) is 2.46. The zero-order chi connectivity index (χ0) is 21.1. The minimum atomic E-state index is -3.68. The molecular weight excluding hydrogens is 434 g/mol. The van der Waals surface area contributed by atoms with Crippen molar-refractivity contribution in [2.24, 2.45) is 0 Å². The number of likely N-dealkylation sites (tertiary alicyclic amines) is 1. The third-order valence-electron chi connectivity index (χ3n) is 4.52. The van der Waals surface area contributed by atoms with Gasteiger partial charge >= 0.3 is 0 Å². The van der Waals surface area contributed by atoms with Crippen molar-refractivity contribution in [2.45, 2.75) is 30.3 Å². The normalized spacial score (nSPS) is 18.0. The lowest BCUT2D eigenvalue weighted by atomic mass is 10.1. The SMILES string of the molecule is CS(=O)(=O)NC1CCCN(C(=O)c2ccc(S(=O)(=O)NCc3cccs3)cc2)C1. The van der Waals surface area contributed by atoms with Crippen LogP contribution in [0.1, 0.15) is 28.1 Å². The maximum absolute atomic E-state index is 12.7. The second kappa shape index (κ2) is 8.92. The zero-order valence-corrected chi connectivity index (χ0v) is 18.3. The Bertz CT molecular complexity index is 1050. The second-order valence-corrected chi connectivity index (χ2v) is 11.5. The highest BCUT2D eigenvalue weighted by Gasteiger charge is 2.26. The van der Waals surface area contributed by atoms with Gasteiger partial charge in [0.2, 0.25) is 20.0 Å². The van der Waals surface area contributed by atoms with Crippen LogP contribution in [0.5, 0.6) is 0 Å². The number of rotatable bonds is 7. The molecule has 2 aromatic rings. The van der Waals surface area contributed by atoms with Crippen molar-refractivity contribution in [1.82, 2.24) is 14.3 Å². The van der Waals surface area contributed by atoms with Crippen molar-refractivity contribution in [1.29, 1.82) is 0 Å². The van der Waals surface area contributed by atoms with Crippen LogP contribution in [-0.4, -0.2) is 53.0 Å². The van der Waals surface area contributed by atoms with E-state index in [-0.39, 0.29) is 29.9 Å². The van der Waals surface area contributed by atoms with Crippen LogP contribution in [0, 0.1) is 0 Å². The van der Waals surface area contributed by atoms with Crippen molar-refractivity contribution >= 4 is 37.3 Å².